The molecule has 4 heteroatoms. The zero-order valence-electron chi connectivity index (χ0n) is 7.87. The molecule has 3 nitrogen and oxygen atoms in total. The fourth-order valence-electron chi connectivity index (χ4n) is 0.855. The van der Waals surface area contributed by atoms with Crippen LogP contribution < -0.4 is 0 Å². The summed E-state index contributed by atoms with van der Waals surface area (Å²) in [6, 6.07) is 6.59. The van der Waals surface area contributed by atoms with E-state index in [1.807, 2.05) is 6.07 Å². The van der Waals surface area contributed by atoms with Crippen molar-refractivity contribution in [1.29, 1.82) is 5.26 Å². The summed E-state index contributed by atoms with van der Waals surface area (Å²) in [5.41, 5.74) is 0.935. The Morgan fingerprint density at radius 2 is 2.27 bits per heavy atom. The Hall–Kier alpha value is -1.97. The zero-order valence-corrected chi connectivity index (χ0v) is 8.63. The molecule has 0 aliphatic carbocycles. The second-order valence-electron chi connectivity index (χ2n) is 2.55. The van der Waals surface area contributed by atoms with Crippen molar-refractivity contribution in [3.63, 3.8) is 0 Å². The van der Waals surface area contributed by atoms with Crippen LogP contribution in [0.3, 0.4) is 0 Å². The maximum Gasteiger partial charge on any atom is 0.384 e. The number of methoxy groups -OCH3 is 1. The van der Waals surface area contributed by atoms with Crippen LogP contribution in [0.25, 0.3) is 0 Å². The average Bonchev–Trinajstić information content (AvgIpc) is 2.26. The first-order chi connectivity index (χ1) is 7.17. The lowest BCUT2D eigenvalue weighted by atomic mass is 10.1. The molecule has 1 rings (SSSR count). The molecule has 0 saturated heterocycles. The fraction of sp³-hybridized carbons (Fsp3) is 0.0909. The van der Waals surface area contributed by atoms with Crippen molar-refractivity contribution >= 4 is 17.6 Å². The van der Waals surface area contributed by atoms with Crippen LogP contribution in [0.15, 0.2) is 18.2 Å². The van der Waals surface area contributed by atoms with E-state index in [9.17, 15) is 4.79 Å². The smallest absolute Gasteiger partial charge is 0.384 e. The van der Waals surface area contributed by atoms with Crippen LogP contribution in [0.2, 0.25) is 5.02 Å². The van der Waals surface area contributed by atoms with Gasteiger partial charge in [-0.3, -0.25) is 0 Å². The van der Waals surface area contributed by atoms with Gasteiger partial charge in [0.2, 0.25) is 0 Å². The summed E-state index contributed by atoms with van der Waals surface area (Å²) < 4.78 is 4.35. The predicted octanol–water partition coefficient (Wildman–Crippen LogP) is 1.74. The second kappa shape index (κ2) is 5.05. The van der Waals surface area contributed by atoms with Crippen LogP contribution in [0.1, 0.15) is 11.1 Å². The highest BCUT2D eigenvalue weighted by molar-refractivity contribution is 6.31. The Bertz CT molecular complexity index is 492. The first-order valence-electron chi connectivity index (χ1n) is 3.97. The molecule has 0 fully saturated rings. The van der Waals surface area contributed by atoms with Crippen LogP contribution in [0.5, 0.6) is 0 Å². The second-order valence-corrected chi connectivity index (χ2v) is 2.96. The number of benzene rings is 1. The molecule has 0 aromatic heterocycles. The lowest BCUT2D eigenvalue weighted by molar-refractivity contribution is -0.133. The number of rotatable bonds is 0. The number of carbonyl (C=O) groups is 1. The van der Waals surface area contributed by atoms with Gasteiger partial charge in [-0.1, -0.05) is 17.5 Å². The number of nitrogens with zero attached hydrogens (tertiary/aromatic N) is 1. The highest BCUT2D eigenvalue weighted by Gasteiger charge is 1.99. The number of esters is 1. The molecule has 0 N–H and O–H groups in total. The molecule has 0 heterocycles. The SMILES string of the molecule is COC(=O)C#Cc1ccc(C#N)cc1Cl. The Balaban J connectivity index is 3.01. The molecule has 0 spiro atoms. The third-order valence-corrected chi connectivity index (χ3v) is 1.90. The van der Waals surface area contributed by atoms with Gasteiger partial charge in [-0.15, -0.1) is 0 Å². The maximum absolute atomic E-state index is 10.7. The van der Waals surface area contributed by atoms with Crippen LogP contribution in [-0.4, -0.2) is 13.1 Å². The van der Waals surface area contributed by atoms with E-state index in [-0.39, 0.29) is 0 Å². The van der Waals surface area contributed by atoms with Crippen molar-refractivity contribution in [2.75, 3.05) is 7.11 Å². The number of halogens is 1. The highest BCUT2D eigenvalue weighted by Crippen LogP contribution is 2.16. The largest absolute Gasteiger partial charge is 0.459 e. The van der Waals surface area contributed by atoms with Gasteiger partial charge in [0, 0.05) is 11.5 Å². The van der Waals surface area contributed by atoms with E-state index in [1.165, 1.54) is 13.2 Å². The van der Waals surface area contributed by atoms with Gasteiger partial charge in [-0.05, 0) is 18.2 Å². The fourth-order valence-corrected chi connectivity index (χ4v) is 1.08. The molecule has 74 valence electrons. The summed E-state index contributed by atoms with van der Waals surface area (Å²) in [4.78, 5) is 10.7. The van der Waals surface area contributed by atoms with Gasteiger partial charge in [0.15, 0.2) is 0 Å². The number of ether oxygens (including phenoxy) is 1. The van der Waals surface area contributed by atoms with Crippen LogP contribution in [0.4, 0.5) is 0 Å². The quantitative estimate of drug-likeness (QED) is 0.493. The molecule has 0 unspecified atom stereocenters. The molecule has 0 aliphatic rings. The van der Waals surface area contributed by atoms with E-state index in [0.717, 1.165) is 0 Å². The summed E-state index contributed by atoms with van der Waals surface area (Å²) >= 11 is 5.83. The monoisotopic (exact) mass is 219 g/mol. The van der Waals surface area contributed by atoms with E-state index in [0.29, 0.717) is 16.1 Å². The van der Waals surface area contributed by atoms with Crippen molar-refractivity contribution in [3.05, 3.63) is 34.3 Å². The van der Waals surface area contributed by atoms with Gasteiger partial charge in [-0.2, -0.15) is 5.26 Å². The minimum atomic E-state index is -0.629. The number of nitriles is 1. The van der Waals surface area contributed by atoms with Gasteiger partial charge in [0.25, 0.3) is 0 Å². The third kappa shape index (κ3) is 3.02. The zero-order chi connectivity index (χ0) is 11.3. The average molecular weight is 220 g/mol. The van der Waals surface area contributed by atoms with Crippen LogP contribution in [0, 0.1) is 23.2 Å². The standard InChI is InChI=1S/C11H6ClNO2/c1-15-11(14)5-4-9-3-2-8(7-13)6-10(9)12/h2-3,6H,1H3. The molecule has 0 radical (unpaired) electrons. The van der Waals surface area contributed by atoms with E-state index >= 15 is 0 Å². The minimum Gasteiger partial charge on any atom is -0.459 e. The van der Waals surface area contributed by atoms with Gasteiger partial charge in [0.05, 0.1) is 23.8 Å². The normalized spacial score (nSPS) is 8.33. The number of hydrogen-bond acceptors (Lipinski definition) is 3. The summed E-state index contributed by atoms with van der Waals surface area (Å²) in [7, 11) is 1.25. The van der Waals surface area contributed by atoms with Crippen molar-refractivity contribution in [2.45, 2.75) is 0 Å². The Kier molecular flexibility index (Phi) is 3.74. The predicted molar refractivity (Wildman–Crippen MR) is 55.1 cm³/mol. The molecule has 0 atom stereocenters. The lowest BCUT2D eigenvalue weighted by Crippen LogP contribution is -1.94. The molecule has 1 aromatic carbocycles. The molecular formula is C11H6ClNO2. The van der Waals surface area contributed by atoms with E-state index in [2.05, 4.69) is 16.6 Å². The molecule has 15 heavy (non-hydrogen) atoms. The molecular weight excluding hydrogens is 214 g/mol. The third-order valence-electron chi connectivity index (χ3n) is 1.58. The van der Waals surface area contributed by atoms with Crippen LogP contribution in [-0.2, 0) is 9.53 Å². The Morgan fingerprint density at radius 1 is 1.53 bits per heavy atom. The molecule has 1 aromatic rings. The summed E-state index contributed by atoms with van der Waals surface area (Å²) in [6.45, 7) is 0. The van der Waals surface area contributed by atoms with E-state index in [1.54, 1.807) is 12.1 Å². The summed E-state index contributed by atoms with van der Waals surface area (Å²) in [5.74, 6) is 4.17. The molecule has 0 saturated carbocycles. The van der Waals surface area contributed by atoms with Crippen LogP contribution >= 0.6 is 11.6 Å². The van der Waals surface area contributed by atoms with Crippen molar-refractivity contribution in [3.8, 4) is 17.9 Å². The molecule has 0 bridgehead atoms. The lowest BCUT2D eigenvalue weighted by Gasteiger charge is -1.95. The van der Waals surface area contributed by atoms with Crippen molar-refractivity contribution in [1.82, 2.24) is 0 Å². The Morgan fingerprint density at radius 3 is 2.80 bits per heavy atom. The first kappa shape index (κ1) is 11.1. The van der Waals surface area contributed by atoms with E-state index in [4.69, 9.17) is 16.9 Å². The number of hydrogen-bond donors (Lipinski definition) is 0. The number of carbonyl (C=O) groups excluding carboxylic acids is 1. The minimum absolute atomic E-state index is 0.338. The molecule has 0 aliphatic heterocycles. The van der Waals surface area contributed by atoms with Gasteiger partial charge in [-0.25, -0.2) is 4.79 Å². The van der Waals surface area contributed by atoms with Crippen molar-refractivity contribution < 1.29 is 9.53 Å². The summed E-state index contributed by atoms with van der Waals surface area (Å²) in [6.07, 6.45) is 0. The topological polar surface area (TPSA) is 50.1 Å². The Labute approximate surface area is 92.2 Å². The highest BCUT2D eigenvalue weighted by atomic mass is 35.5. The van der Waals surface area contributed by atoms with Gasteiger partial charge < -0.3 is 4.74 Å². The van der Waals surface area contributed by atoms with E-state index < -0.39 is 5.97 Å². The first-order valence-corrected chi connectivity index (χ1v) is 4.35. The molecule has 0 amide bonds. The van der Waals surface area contributed by atoms with Gasteiger partial charge >= 0.3 is 5.97 Å². The van der Waals surface area contributed by atoms with Crippen molar-refractivity contribution in [2.24, 2.45) is 0 Å². The maximum atomic E-state index is 10.7. The van der Waals surface area contributed by atoms with Gasteiger partial charge in [0.1, 0.15) is 0 Å². The summed E-state index contributed by atoms with van der Waals surface area (Å²) in [5, 5.41) is 8.93.